The summed E-state index contributed by atoms with van der Waals surface area (Å²) < 4.78 is 22.8. The first-order chi connectivity index (χ1) is 9.79. The number of ether oxygens (including phenoxy) is 2. The van der Waals surface area contributed by atoms with Gasteiger partial charge in [0.05, 0.1) is 0 Å². The van der Waals surface area contributed by atoms with E-state index in [4.69, 9.17) is 15.2 Å². The summed E-state index contributed by atoms with van der Waals surface area (Å²) in [5.41, 5.74) is 4.77. The van der Waals surface area contributed by atoms with E-state index in [2.05, 4.69) is 0 Å². The van der Waals surface area contributed by atoms with E-state index in [1.54, 1.807) is 5.32 Å². The summed E-state index contributed by atoms with van der Waals surface area (Å²) in [6.45, 7) is 2.69. The van der Waals surface area contributed by atoms with Crippen LogP contribution in [0.3, 0.4) is 0 Å². The van der Waals surface area contributed by atoms with E-state index in [1.807, 2.05) is 0 Å². The number of carbonyl (C=O) groups excluding carboxylic acids is 3. The number of nitrogens with one attached hydrogen (secondary N) is 1. The summed E-state index contributed by atoms with van der Waals surface area (Å²) in [7, 11) is 0. The van der Waals surface area contributed by atoms with Crippen molar-refractivity contribution >= 4 is 17.9 Å². The van der Waals surface area contributed by atoms with E-state index in [1.165, 1.54) is 38.1 Å². The van der Waals surface area contributed by atoms with Crippen LogP contribution in [0.25, 0.3) is 0 Å². The summed E-state index contributed by atoms with van der Waals surface area (Å²) in [4.78, 5) is 33.5. The number of hydrogen-bond donors (Lipinski definition) is 2. The molecule has 8 heteroatoms. The van der Waals surface area contributed by atoms with E-state index < -0.39 is 35.9 Å². The third-order valence-corrected chi connectivity index (χ3v) is 2.37. The lowest BCUT2D eigenvalue weighted by molar-refractivity contribution is -0.160. The van der Waals surface area contributed by atoms with Crippen molar-refractivity contribution < 1.29 is 28.2 Å². The van der Waals surface area contributed by atoms with Crippen LogP contribution >= 0.6 is 0 Å². The molecule has 0 aliphatic carbocycles. The lowest BCUT2D eigenvalue weighted by atomic mass is 10.3. The molecule has 0 saturated carbocycles. The van der Waals surface area contributed by atoms with E-state index in [0.717, 1.165) is 0 Å². The molecule has 1 aromatic carbocycles. The lowest BCUT2D eigenvalue weighted by Crippen LogP contribution is -2.43. The lowest BCUT2D eigenvalue weighted by Gasteiger charge is -2.17. The van der Waals surface area contributed by atoms with Crippen molar-refractivity contribution in [3.8, 4) is 5.75 Å². The molecule has 0 radical (unpaired) electrons. The van der Waals surface area contributed by atoms with Gasteiger partial charge in [0, 0.05) is 0 Å². The average molecular weight is 298 g/mol. The summed E-state index contributed by atoms with van der Waals surface area (Å²) in [5, 5.41) is 1.78. The fourth-order valence-corrected chi connectivity index (χ4v) is 1.31. The van der Waals surface area contributed by atoms with Crippen molar-refractivity contribution in [2.75, 3.05) is 0 Å². The average Bonchev–Trinajstić information content (AvgIpc) is 2.40. The van der Waals surface area contributed by atoms with Gasteiger partial charge < -0.3 is 15.2 Å². The van der Waals surface area contributed by atoms with Gasteiger partial charge in [-0.25, -0.2) is 14.0 Å². The van der Waals surface area contributed by atoms with Gasteiger partial charge in [0.25, 0.3) is 5.91 Å². The predicted octanol–water partition coefficient (Wildman–Crippen LogP) is 0.720. The van der Waals surface area contributed by atoms with Crippen LogP contribution in [-0.2, 0) is 14.3 Å². The third-order valence-electron chi connectivity index (χ3n) is 2.37. The maximum Gasteiger partial charge on any atom is 0.347 e. The maximum absolute atomic E-state index is 12.7. The van der Waals surface area contributed by atoms with Crippen LogP contribution < -0.4 is 15.8 Å². The first-order valence-corrected chi connectivity index (χ1v) is 6.02. The quantitative estimate of drug-likeness (QED) is 0.779. The molecule has 3 amide bonds. The minimum atomic E-state index is -1.20. The molecule has 0 bridgehead atoms. The molecule has 21 heavy (non-hydrogen) atoms. The topological polar surface area (TPSA) is 108 Å². The molecule has 0 aliphatic rings. The number of hydrogen-bond acceptors (Lipinski definition) is 5. The van der Waals surface area contributed by atoms with Crippen LogP contribution in [0, 0.1) is 5.82 Å². The molecule has 0 aromatic heterocycles. The van der Waals surface area contributed by atoms with Gasteiger partial charge in [-0.3, -0.25) is 10.1 Å². The molecule has 1 aromatic rings. The predicted molar refractivity (Wildman–Crippen MR) is 69.8 cm³/mol. The molecule has 0 aliphatic heterocycles. The van der Waals surface area contributed by atoms with Crippen LogP contribution in [0.4, 0.5) is 9.18 Å². The number of esters is 1. The van der Waals surface area contributed by atoms with Gasteiger partial charge in [-0.15, -0.1) is 0 Å². The number of urea groups is 1. The molecular formula is C13H15FN2O5. The Balaban J connectivity index is 2.52. The van der Waals surface area contributed by atoms with Gasteiger partial charge in [0.2, 0.25) is 0 Å². The zero-order valence-electron chi connectivity index (χ0n) is 11.5. The van der Waals surface area contributed by atoms with Crippen molar-refractivity contribution in [1.29, 1.82) is 0 Å². The van der Waals surface area contributed by atoms with Crippen LogP contribution in [0.1, 0.15) is 13.8 Å². The molecule has 7 nitrogen and oxygen atoms in total. The number of rotatable bonds is 5. The molecule has 0 spiro atoms. The van der Waals surface area contributed by atoms with Gasteiger partial charge in [-0.2, -0.15) is 0 Å². The highest BCUT2D eigenvalue weighted by Gasteiger charge is 2.23. The second kappa shape index (κ2) is 7.22. The Labute approximate surface area is 120 Å². The molecule has 2 atom stereocenters. The fourth-order valence-electron chi connectivity index (χ4n) is 1.31. The fraction of sp³-hybridized carbons (Fsp3) is 0.308. The second-order valence-electron chi connectivity index (χ2n) is 4.15. The minimum Gasteiger partial charge on any atom is -0.479 e. The van der Waals surface area contributed by atoms with E-state index >= 15 is 0 Å². The highest BCUT2D eigenvalue weighted by Crippen LogP contribution is 2.13. The molecule has 114 valence electrons. The highest BCUT2D eigenvalue weighted by molar-refractivity contribution is 5.96. The summed E-state index contributed by atoms with van der Waals surface area (Å²) >= 11 is 0. The Morgan fingerprint density at radius 1 is 1.14 bits per heavy atom. The number of nitrogens with two attached hydrogens (primary N) is 1. The summed E-state index contributed by atoms with van der Waals surface area (Å²) in [6.07, 6.45) is -2.22. The Bertz CT molecular complexity index is 532. The van der Waals surface area contributed by atoms with Crippen LogP contribution in [0.2, 0.25) is 0 Å². The second-order valence-corrected chi connectivity index (χ2v) is 4.15. The Kier molecular flexibility index (Phi) is 5.65. The summed E-state index contributed by atoms with van der Waals surface area (Å²) in [6, 6.07) is 4.01. The monoisotopic (exact) mass is 298 g/mol. The molecule has 0 saturated heterocycles. The molecule has 0 heterocycles. The van der Waals surface area contributed by atoms with E-state index in [0.29, 0.717) is 0 Å². The number of halogens is 1. The molecule has 3 N–H and O–H groups in total. The SMILES string of the molecule is C[C@@H](OC(=O)[C@@H](C)Oc1ccc(F)cc1)C(=O)NC(N)=O. The first-order valence-electron chi connectivity index (χ1n) is 6.02. The van der Waals surface area contributed by atoms with Gasteiger partial charge in [0.1, 0.15) is 11.6 Å². The van der Waals surface area contributed by atoms with Gasteiger partial charge in [-0.1, -0.05) is 0 Å². The number of imide groups is 1. The number of primary amides is 1. The standard InChI is InChI=1S/C13H15FN2O5/c1-7(11(17)16-13(15)19)21-12(18)8(2)20-10-5-3-9(14)4-6-10/h3-8H,1-2H3,(H3,15,16,17,19)/t7-,8-/m1/s1. The largest absolute Gasteiger partial charge is 0.479 e. The first kappa shape index (κ1) is 16.4. The Morgan fingerprint density at radius 3 is 2.24 bits per heavy atom. The smallest absolute Gasteiger partial charge is 0.347 e. The third kappa shape index (κ3) is 5.47. The minimum absolute atomic E-state index is 0.273. The van der Waals surface area contributed by atoms with Gasteiger partial charge in [0.15, 0.2) is 12.2 Å². The van der Waals surface area contributed by atoms with Crippen molar-refractivity contribution in [2.24, 2.45) is 5.73 Å². The normalized spacial score (nSPS) is 12.9. The number of benzene rings is 1. The van der Waals surface area contributed by atoms with Crippen molar-refractivity contribution in [1.82, 2.24) is 5.32 Å². The number of carbonyl (C=O) groups is 3. The maximum atomic E-state index is 12.7. The zero-order chi connectivity index (χ0) is 16.0. The highest BCUT2D eigenvalue weighted by atomic mass is 19.1. The van der Waals surface area contributed by atoms with E-state index in [-0.39, 0.29) is 5.75 Å². The van der Waals surface area contributed by atoms with Gasteiger partial charge >= 0.3 is 12.0 Å². The van der Waals surface area contributed by atoms with Crippen LogP contribution in [0.15, 0.2) is 24.3 Å². The van der Waals surface area contributed by atoms with E-state index in [9.17, 15) is 18.8 Å². The van der Waals surface area contributed by atoms with Crippen LogP contribution in [0.5, 0.6) is 5.75 Å². The zero-order valence-corrected chi connectivity index (χ0v) is 11.5. The van der Waals surface area contributed by atoms with Crippen molar-refractivity contribution in [3.63, 3.8) is 0 Å². The molecular weight excluding hydrogens is 283 g/mol. The molecule has 0 unspecified atom stereocenters. The van der Waals surface area contributed by atoms with Crippen molar-refractivity contribution in [2.45, 2.75) is 26.1 Å². The molecule has 1 rings (SSSR count). The number of amides is 3. The van der Waals surface area contributed by atoms with Gasteiger partial charge in [-0.05, 0) is 38.1 Å². The molecule has 0 fully saturated rings. The Morgan fingerprint density at radius 2 is 1.71 bits per heavy atom. The summed E-state index contributed by atoms with van der Waals surface area (Å²) in [5.74, 6) is -1.82. The van der Waals surface area contributed by atoms with Crippen LogP contribution in [-0.4, -0.2) is 30.1 Å². The van der Waals surface area contributed by atoms with Crippen molar-refractivity contribution in [3.05, 3.63) is 30.1 Å². The Hall–Kier alpha value is -2.64.